The third kappa shape index (κ3) is 8.06. The summed E-state index contributed by atoms with van der Waals surface area (Å²) in [5.74, 6) is -1.64. The molecule has 0 bridgehead atoms. The molecule has 8 heteroatoms. The maximum Gasteiger partial charge on any atom is 0.321 e. The second-order valence-corrected chi connectivity index (χ2v) is 4.64. The molecule has 1 aliphatic carbocycles. The van der Waals surface area contributed by atoms with E-state index in [0.29, 0.717) is 0 Å². The Hall–Kier alpha value is -2.12. The van der Waals surface area contributed by atoms with Crippen LogP contribution in [0.3, 0.4) is 0 Å². The molecule has 0 saturated heterocycles. The van der Waals surface area contributed by atoms with Gasteiger partial charge in [0.05, 0.1) is 0 Å². The average Bonchev–Trinajstić information content (AvgIpc) is 3.12. The van der Waals surface area contributed by atoms with Gasteiger partial charge in [-0.1, -0.05) is 0 Å². The van der Waals surface area contributed by atoms with Gasteiger partial charge in [-0.2, -0.15) is 0 Å². The maximum atomic E-state index is 11.3. The van der Waals surface area contributed by atoms with Crippen LogP contribution in [0.1, 0.15) is 38.5 Å². The summed E-state index contributed by atoms with van der Waals surface area (Å²) < 4.78 is 0. The zero-order valence-electron chi connectivity index (χ0n) is 11.1. The number of carbonyl (C=O) groups is 4. The van der Waals surface area contributed by atoms with Crippen molar-refractivity contribution in [3.05, 3.63) is 0 Å². The highest BCUT2D eigenvalue weighted by atomic mass is 16.4. The van der Waals surface area contributed by atoms with Gasteiger partial charge < -0.3 is 15.7 Å². The van der Waals surface area contributed by atoms with Crippen LogP contribution < -0.4 is 16.0 Å². The Labute approximate surface area is 116 Å². The molecular weight excluding hydrogens is 266 g/mol. The molecule has 0 atom stereocenters. The summed E-state index contributed by atoms with van der Waals surface area (Å²) in [6, 6.07) is -0.392. The molecule has 0 aromatic carbocycles. The number of imide groups is 1. The lowest BCUT2D eigenvalue weighted by Crippen LogP contribution is -2.41. The number of nitrogens with one attached hydrogen (secondary N) is 3. The van der Waals surface area contributed by atoms with Gasteiger partial charge in [-0.3, -0.25) is 19.7 Å². The van der Waals surface area contributed by atoms with E-state index in [1.807, 2.05) is 0 Å². The topological polar surface area (TPSA) is 125 Å². The van der Waals surface area contributed by atoms with Gasteiger partial charge in [0.2, 0.25) is 11.8 Å². The van der Waals surface area contributed by atoms with Crippen LogP contribution in [0.5, 0.6) is 0 Å². The van der Waals surface area contributed by atoms with Gasteiger partial charge in [0.15, 0.2) is 0 Å². The van der Waals surface area contributed by atoms with E-state index in [1.54, 1.807) is 0 Å². The Balaban J connectivity index is 2.02. The molecule has 0 heterocycles. The number of aliphatic carboxylic acids is 1. The number of hydrogen-bond donors (Lipinski definition) is 4. The first kappa shape index (κ1) is 15.9. The second-order valence-electron chi connectivity index (χ2n) is 4.64. The van der Waals surface area contributed by atoms with Crippen LogP contribution in [-0.4, -0.2) is 41.5 Å². The standard InChI is InChI=1S/C12H19N3O5/c16-9(2-1-3-11(18)19)15-12(20)13-7-6-10(17)14-8-4-5-8/h8H,1-7H2,(H,14,17)(H,18,19)(H2,13,15,16,20). The molecule has 4 N–H and O–H groups in total. The molecule has 1 fully saturated rings. The first-order valence-electron chi connectivity index (χ1n) is 6.56. The van der Waals surface area contributed by atoms with E-state index in [0.717, 1.165) is 12.8 Å². The Bertz CT molecular complexity index is 393. The highest BCUT2D eigenvalue weighted by molar-refractivity contribution is 5.94. The minimum atomic E-state index is -0.982. The number of urea groups is 1. The van der Waals surface area contributed by atoms with Crippen LogP contribution in [0.25, 0.3) is 0 Å². The summed E-state index contributed by atoms with van der Waals surface area (Å²) in [5, 5.41) is 15.6. The van der Waals surface area contributed by atoms with Crippen molar-refractivity contribution in [3.63, 3.8) is 0 Å². The Morgan fingerprint density at radius 3 is 2.30 bits per heavy atom. The summed E-state index contributed by atoms with van der Waals surface area (Å²) in [6.45, 7) is 0.146. The molecule has 0 unspecified atom stereocenters. The number of rotatable bonds is 8. The second kappa shape index (κ2) is 8.13. The summed E-state index contributed by atoms with van der Waals surface area (Å²) >= 11 is 0. The molecule has 112 valence electrons. The molecule has 8 nitrogen and oxygen atoms in total. The largest absolute Gasteiger partial charge is 0.481 e. The fourth-order valence-corrected chi connectivity index (χ4v) is 1.45. The first-order valence-corrected chi connectivity index (χ1v) is 6.56. The van der Waals surface area contributed by atoms with Crippen LogP contribution in [0.2, 0.25) is 0 Å². The highest BCUT2D eigenvalue weighted by Crippen LogP contribution is 2.18. The normalized spacial score (nSPS) is 13.4. The van der Waals surface area contributed by atoms with Crippen molar-refractivity contribution in [2.24, 2.45) is 0 Å². The highest BCUT2D eigenvalue weighted by Gasteiger charge is 2.22. The quantitative estimate of drug-likeness (QED) is 0.489. The number of amides is 4. The van der Waals surface area contributed by atoms with Crippen molar-refractivity contribution in [1.29, 1.82) is 0 Å². The molecule has 4 amide bonds. The lowest BCUT2D eigenvalue weighted by molar-refractivity contribution is -0.137. The third-order valence-electron chi connectivity index (χ3n) is 2.63. The van der Waals surface area contributed by atoms with Crippen molar-refractivity contribution < 1.29 is 24.3 Å². The molecule has 0 aromatic heterocycles. The predicted molar refractivity (Wildman–Crippen MR) is 68.8 cm³/mol. The summed E-state index contributed by atoms with van der Waals surface area (Å²) in [6.07, 6.45) is 2.21. The lowest BCUT2D eigenvalue weighted by atomic mass is 10.2. The van der Waals surface area contributed by atoms with Crippen molar-refractivity contribution in [1.82, 2.24) is 16.0 Å². The van der Waals surface area contributed by atoms with Crippen molar-refractivity contribution in [2.75, 3.05) is 6.54 Å². The van der Waals surface area contributed by atoms with Gasteiger partial charge in [-0.25, -0.2) is 4.79 Å². The van der Waals surface area contributed by atoms with Crippen molar-refractivity contribution >= 4 is 23.8 Å². The summed E-state index contributed by atoms with van der Waals surface area (Å²) in [5.41, 5.74) is 0. The smallest absolute Gasteiger partial charge is 0.321 e. The van der Waals surface area contributed by atoms with E-state index < -0.39 is 17.9 Å². The van der Waals surface area contributed by atoms with Gasteiger partial charge in [-0.05, 0) is 19.3 Å². The number of carbonyl (C=O) groups excluding carboxylic acids is 3. The van der Waals surface area contributed by atoms with Crippen molar-refractivity contribution in [2.45, 2.75) is 44.6 Å². The van der Waals surface area contributed by atoms with E-state index >= 15 is 0 Å². The van der Waals surface area contributed by atoms with Crippen LogP contribution in [0.15, 0.2) is 0 Å². The molecule has 0 aromatic rings. The summed E-state index contributed by atoms with van der Waals surface area (Å²) in [7, 11) is 0. The van der Waals surface area contributed by atoms with E-state index in [4.69, 9.17) is 5.11 Å². The Kier molecular flexibility index (Phi) is 6.48. The van der Waals surface area contributed by atoms with Crippen LogP contribution in [-0.2, 0) is 14.4 Å². The fraction of sp³-hybridized carbons (Fsp3) is 0.667. The molecule has 0 aliphatic heterocycles. The first-order chi connectivity index (χ1) is 9.47. The van der Waals surface area contributed by atoms with E-state index in [2.05, 4.69) is 16.0 Å². The molecule has 1 aliphatic rings. The van der Waals surface area contributed by atoms with Gasteiger partial charge in [0.25, 0.3) is 0 Å². The minimum Gasteiger partial charge on any atom is -0.481 e. The minimum absolute atomic E-state index is 0.0259. The predicted octanol–water partition coefficient (Wildman–Crippen LogP) is -0.264. The molecule has 20 heavy (non-hydrogen) atoms. The Morgan fingerprint density at radius 2 is 1.70 bits per heavy atom. The zero-order chi connectivity index (χ0) is 15.0. The van der Waals surface area contributed by atoms with E-state index in [1.165, 1.54) is 0 Å². The number of carboxylic acids is 1. The zero-order valence-corrected chi connectivity index (χ0v) is 11.1. The lowest BCUT2D eigenvalue weighted by Gasteiger charge is -2.06. The number of carboxylic acid groups (broad SMARTS) is 1. The van der Waals surface area contributed by atoms with Gasteiger partial charge in [0, 0.05) is 31.8 Å². The molecule has 0 spiro atoms. The third-order valence-corrected chi connectivity index (χ3v) is 2.63. The van der Waals surface area contributed by atoms with Crippen LogP contribution in [0, 0.1) is 0 Å². The SMILES string of the molecule is O=C(O)CCCC(=O)NC(=O)NCCC(=O)NC1CC1. The molecular formula is C12H19N3O5. The molecule has 1 saturated carbocycles. The van der Waals surface area contributed by atoms with Crippen LogP contribution >= 0.6 is 0 Å². The van der Waals surface area contributed by atoms with Crippen LogP contribution in [0.4, 0.5) is 4.79 Å². The van der Waals surface area contributed by atoms with Gasteiger partial charge in [-0.15, -0.1) is 0 Å². The Morgan fingerprint density at radius 1 is 1.00 bits per heavy atom. The monoisotopic (exact) mass is 285 g/mol. The molecule has 1 rings (SSSR count). The van der Waals surface area contributed by atoms with E-state index in [9.17, 15) is 19.2 Å². The van der Waals surface area contributed by atoms with E-state index in [-0.39, 0.29) is 44.2 Å². The fourth-order valence-electron chi connectivity index (χ4n) is 1.45. The molecule has 0 radical (unpaired) electrons. The average molecular weight is 285 g/mol. The van der Waals surface area contributed by atoms with Gasteiger partial charge >= 0.3 is 12.0 Å². The van der Waals surface area contributed by atoms with Crippen molar-refractivity contribution in [3.8, 4) is 0 Å². The maximum absolute atomic E-state index is 11.3. The summed E-state index contributed by atoms with van der Waals surface area (Å²) in [4.78, 5) is 44.1. The van der Waals surface area contributed by atoms with Gasteiger partial charge in [0.1, 0.15) is 0 Å². The number of hydrogen-bond acceptors (Lipinski definition) is 4.